The van der Waals surface area contributed by atoms with Crippen molar-refractivity contribution >= 4 is 5.91 Å². The average molecular weight is 376 g/mol. The maximum absolute atomic E-state index is 12.6. The number of rotatable bonds is 6. The number of pyridine rings is 1. The molecule has 0 spiro atoms. The zero-order valence-corrected chi connectivity index (χ0v) is 16.2. The number of aromatic nitrogens is 3. The Morgan fingerprint density at radius 1 is 1.07 bits per heavy atom. The topological polar surface area (TPSA) is 69.2 Å². The molecule has 0 aliphatic carbocycles. The molecule has 1 amide bonds. The highest BCUT2D eigenvalue weighted by atomic mass is 16.2. The lowest BCUT2D eigenvalue weighted by Gasteiger charge is -2.08. The minimum Gasteiger partial charge on any atom is -0.328 e. The van der Waals surface area contributed by atoms with Crippen molar-refractivity contribution in [2.24, 2.45) is 4.99 Å². The fraction of sp³-hybridized carbons (Fsp3) is 0.273. The van der Waals surface area contributed by atoms with Crippen LogP contribution in [-0.4, -0.2) is 20.3 Å². The van der Waals surface area contributed by atoms with E-state index in [1.165, 1.54) is 22.4 Å². The predicted molar refractivity (Wildman–Crippen MR) is 108 cm³/mol. The van der Waals surface area contributed by atoms with E-state index in [1.54, 1.807) is 6.07 Å². The van der Waals surface area contributed by atoms with Crippen molar-refractivity contribution in [3.05, 3.63) is 93.5 Å². The second-order valence-corrected chi connectivity index (χ2v) is 6.72. The lowest BCUT2D eigenvalue weighted by atomic mass is 10.1. The quantitative estimate of drug-likeness (QED) is 0.664. The number of nitrogens with zero attached hydrogens (tertiary/aromatic N) is 4. The monoisotopic (exact) mass is 376 g/mol. The van der Waals surface area contributed by atoms with Gasteiger partial charge < -0.3 is 4.57 Å². The van der Waals surface area contributed by atoms with Gasteiger partial charge in [0.1, 0.15) is 5.49 Å². The van der Waals surface area contributed by atoms with Gasteiger partial charge in [0.2, 0.25) is 0 Å². The van der Waals surface area contributed by atoms with Crippen molar-refractivity contribution in [3.63, 3.8) is 0 Å². The molecular weight excluding hydrogens is 352 g/mol. The second kappa shape index (κ2) is 9.08. The van der Waals surface area contributed by atoms with Gasteiger partial charge in [0.05, 0.1) is 0 Å². The maximum Gasteiger partial charge on any atom is 0.299 e. The number of hydrogen-bond donors (Lipinski definition) is 0. The molecule has 1 aromatic carbocycles. The summed E-state index contributed by atoms with van der Waals surface area (Å²) in [6.45, 7) is 5.19. The smallest absolute Gasteiger partial charge is 0.299 e. The third kappa shape index (κ3) is 4.91. The van der Waals surface area contributed by atoms with Gasteiger partial charge in [-0.3, -0.25) is 9.59 Å². The minimum atomic E-state index is -0.464. The molecule has 0 radical (unpaired) electrons. The van der Waals surface area contributed by atoms with Crippen molar-refractivity contribution in [3.8, 4) is 0 Å². The maximum atomic E-state index is 12.6. The molecule has 6 heteroatoms. The van der Waals surface area contributed by atoms with Gasteiger partial charge in [-0.1, -0.05) is 49.2 Å². The van der Waals surface area contributed by atoms with E-state index in [2.05, 4.69) is 34.4 Å². The first-order valence-corrected chi connectivity index (χ1v) is 9.45. The Morgan fingerprint density at radius 2 is 1.86 bits per heavy atom. The summed E-state index contributed by atoms with van der Waals surface area (Å²) in [4.78, 5) is 28.8. The Morgan fingerprint density at radius 3 is 2.61 bits per heavy atom. The zero-order valence-electron chi connectivity index (χ0n) is 16.2. The SMILES string of the molecule is CCCCn1nc(C(=O)N=c2ccccn2Cc2ccc(C)cc2)ccc1=O. The Hall–Kier alpha value is -3.28. The van der Waals surface area contributed by atoms with Crippen LogP contribution in [0.4, 0.5) is 0 Å². The van der Waals surface area contributed by atoms with Gasteiger partial charge in [0.15, 0.2) is 5.69 Å². The Balaban J connectivity index is 1.90. The first-order chi connectivity index (χ1) is 13.6. The molecule has 6 nitrogen and oxygen atoms in total. The van der Waals surface area contributed by atoms with Crippen LogP contribution in [0.1, 0.15) is 41.4 Å². The standard InChI is InChI=1S/C22H24N4O2/c1-3-4-15-26-21(27)13-12-19(24-26)22(28)23-20-7-5-6-14-25(20)16-18-10-8-17(2)9-11-18/h5-14H,3-4,15-16H2,1-2H3. The Bertz CT molecular complexity index is 1080. The molecule has 2 aromatic heterocycles. The third-order valence-corrected chi connectivity index (χ3v) is 4.42. The highest BCUT2D eigenvalue weighted by molar-refractivity contribution is 5.92. The Labute approximate surface area is 163 Å². The lowest BCUT2D eigenvalue weighted by molar-refractivity contribution is 0.0990. The van der Waals surface area contributed by atoms with Crippen molar-refractivity contribution in [1.29, 1.82) is 0 Å². The predicted octanol–water partition coefficient (Wildman–Crippen LogP) is 2.94. The van der Waals surface area contributed by atoms with Crippen LogP contribution in [0.3, 0.4) is 0 Å². The highest BCUT2D eigenvalue weighted by Gasteiger charge is 2.09. The normalized spacial score (nSPS) is 11.6. The van der Waals surface area contributed by atoms with Crippen molar-refractivity contribution in [1.82, 2.24) is 14.3 Å². The van der Waals surface area contributed by atoms with Crippen LogP contribution < -0.4 is 11.0 Å². The minimum absolute atomic E-state index is 0.168. The van der Waals surface area contributed by atoms with E-state index < -0.39 is 5.91 Å². The van der Waals surface area contributed by atoms with Crippen LogP contribution in [0.15, 0.2) is 70.6 Å². The molecule has 0 fully saturated rings. The van der Waals surface area contributed by atoms with Crippen LogP contribution in [0.25, 0.3) is 0 Å². The molecular formula is C22H24N4O2. The number of carbonyl (C=O) groups excluding carboxylic acids is 1. The Kier molecular flexibility index (Phi) is 6.32. The van der Waals surface area contributed by atoms with E-state index in [0.717, 1.165) is 18.4 Å². The summed E-state index contributed by atoms with van der Waals surface area (Å²) in [6.07, 6.45) is 3.66. The molecule has 2 heterocycles. The lowest BCUT2D eigenvalue weighted by Crippen LogP contribution is -2.26. The van der Waals surface area contributed by atoms with Crippen LogP contribution in [0, 0.1) is 6.92 Å². The fourth-order valence-corrected chi connectivity index (χ4v) is 2.79. The van der Waals surface area contributed by atoms with Crippen molar-refractivity contribution in [2.45, 2.75) is 39.8 Å². The van der Waals surface area contributed by atoms with Gasteiger partial charge in [-0.25, -0.2) is 4.68 Å². The molecule has 3 rings (SSSR count). The molecule has 0 aliphatic heterocycles. The van der Waals surface area contributed by atoms with Gasteiger partial charge >= 0.3 is 0 Å². The van der Waals surface area contributed by atoms with E-state index in [-0.39, 0.29) is 11.3 Å². The molecule has 0 saturated heterocycles. The van der Waals surface area contributed by atoms with Crippen molar-refractivity contribution in [2.75, 3.05) is 0 Å². The van der Waals surface area contributed by atoms with Gasteiger partial charge in [-0.2, -0.15) is 10.1 Å². The molecule has 3 aromatic rings. The largest absolute Gasteiger partial charge is 0.328 e. The molecule has 28 heavy (non-hydrogen) atoms. The molecule has 0 bridgehead atoms. The van der Waals surface area contributed by atoms with Gasteiger partial charge in [-0.05, 0) is 37.1 Å². The van der Waals surface area contributed by atoms with E-state index in [1.807, 2.05) is 36.7 Å². The molecule has 0 aliphatic rings. The zero-order chi connectivity index (χ0) is 19.9. The van der Waals surface area contributed by atoms with Gasteiger partial charge in [-0.15, -0.1) is 0 Å². The highest BCUT2D eigenvalue weighted by Crippen LogP contribution is 2.04. The van der Waals surface area contributed by atoms with E-state index >= 15 is 0 Å². The summed E-state index contributed by atoms with van der Waals surface area (Å²) < 4.78 is 3.24. The van der Waals surface area contributed by atoms with Crippen LogP contribution in [-0.2, 0) is 13.1 Å². The molecule has 0 saturated carbocycles. The summed E-state index contributed by atoms with van der Waals surface area (Å²) in [7, 11) is 0. The number of aryl methyl sites for hydroxylation is 2. The molecule has 0 atom stereocenters. The average Bonchev–Trinajstić information content (AvgIpc) is 2.70. The number of carbonyl (C=O) groups is 1. The second-order valence-electron chi connectivity index (χ2n) is 6.72. The van der Waals surface area contributed by atoms with Crippen LogP contribution >= 0.6 is 0 Å². The summed E-state index contributed by atoms with van der Waals surface area (Å²) >= 11 is 0. The number of unbranched alkanes of at least 4 members (excludes halogenated alkanes) is 1. The summed E-state index contributed by atoms with van der Waals surface area (Å²) in [5.41, 5.74) is 2.82. The van der Waals surface area contributed by atoms with Crippen LogP contribution in [0.2, 0.25) is 0 Å². The van der Waals surface area contributed by atoms with Gasteiger partial charge in [0, 0.05) is 25.4 Å². The number of hydrogen-bond acceptors (Lipinski definition) is 3. The van der Waals surface area contributed by atoms with E-state index in [4.69, 9.17) is 0 Å². The van der Waals surface area contributed by atoms with E-state index in [0.29, 0.717) is 18.6 Å². The number of amides is 1. The van der Waals surface area contributed by atoms with Gasteiger partial charge in [0.25, 0.3) is 11.5 Å². The first kappa shape index (κ1) is 19.5. The third-order valence-electron chi connectivity index (χ3n) is 4.42. The van der Waals surface area contributed by atoms with E-state index in [9.17, 15) is 9.59 Å². The molecule has 0 unspecified atom stereocenters. The number of benzene rings is 1. The molecule has 0 N–H and O–H groups in total. The summed E-state index contributed by atoms with van der Waals surface area (Å²) in [5.74, 6) is -0.464. The first-order valence-electron chi connectivity index (χ1n) is 9.45. The molecule has 144 valence electrons. The summed E-state index contributed by atoms with van der Waals surface area (Å²) in [5, 5.41) is 4.18. The van der Waals surface area contributed by atoms with Crippen LogP contribution in [0.5, 0.6) is 0 Å². The van der Waals surface area contributed by atoms with Crippen molar-refractivity contribution < 1.29 is 4.79 Å². The fourth-order valence-electron chi connectivity index (χ4n) is 2.79. The summed E-state index contributed by atoms with van der Waals surface area (Å²) in [6, 6.07) is 16.6.